The summed E-state index contributed by atoms with van der Waals surface area (Å²) in [6, 6.07) is 0.382. The molecule has 1 aromatic heterocycles. The molecule has 0 saturated heterocycles. The first-order chi connectivity index (χ1) is 7.09. The smallest absolute Gasteiger partial charge is 0.0738 e. The molecule has 0 bridgehead atoms. The molecule has 0 aliphatic heterocycles. The van der Waals surface area contributed by atoms with Gasteiger partial charge in [0.15, 0.2) is 0 Å². The van der Waals surface area contributed by atoms with Crippen molar-refractivity contribution in [2.45, 2.75) is 38.6 Å². The summed E-state index contributed by atoms with van der Waals surface area (Å²) < 4.78 is 3.13. The number of halogens is 1. The van der Waals surface area contributed by atoms with Crippen LogP contribution < -0.4 is 5.73 Å². The number of nitrogens with two attached hydrogens (primary N) is 1. The van der Waals surface area contributed by atoms with Crippen LogP contribution in [-0.4, -0.2) is 15.8 Å². The second-order valence-corrected chi connectivity index (χ2v) is 5.32. The SMILES string of the molecule is Cc1nn(C)c(CC2CCCC2N)c1Br. The average molecular weight is 272 g/mol. The van der Waals surface area contributed by atoms with E-state index in [1.54, 1.807) is 0 Å². The van der Waals surface area contributed by atoms with Crippen molar-refractivity contribution >= 4 is 15.9 Å². The van der Waals surface area contributed by atoms with E-state index in [0.717, 1.165) is 16.6 Å². The standard InChI is InChI=1S/C11H18BrN3/c1-7-11(12)10(15(2)14-7)6-8-4-3-5-9(8)13/h8-9H,3-6,13H2,1-2H3. The fourth-order valence-electron chi connectivity index (χ4n) is 2.47. The van der Waals surface area contributed by atoms with Crippen LogP contribution in [0.4, 0.5) is 0 Å². The van der Waals surface area contributed by atoms with Gasteiger partial charge in [0.25, 0.3) is 0 Å². The Hall–Kier alpha value is -0.350. The van der Waals surface area contributed by atoms with E-state index in [4.69, 9.17) is 5.73 Å². The normalized spacial score (nSPS) is 26.1. The number of hydrogen-bond acceptors (Lipinski definition) is 2. The molecule has 1 aliphatic rings. The molecule has 2 atom stereocenters. The molecule has 4 heteroatoms. The lowest BCUT2D eigenvalue weighted by Gasteiger charge is -2.15. The fourth-order valence-corrected chi connectivity index (χ4v) is 2.97. The van der Waals surface area contributed by atoms with Gasteiger partial charge in [-0.1, -0.05) is 6.42 Å². The zero-order valence-electron chi connectivity index (χ0n) is 9.33. The summed E-state index contributed by atoms with van der Waals surface area (Å²) in [5.41, 5.74) is 8.44. The van der Waals surface area contributed by atoms with Gasteiger partial charge in [0.1, 0.15) is 0 Å². The lowest BCUT2D eigenvalue weighted by molar-refractivity contribution is 0.463. The van der Waals surface area contributed by atoms with Crippen LogP contribution in [0.3, 0.4) is 0 Å². The number of aromatic nitrogens is 2. The van der Waals surface area contributed by atoms with Crippen molar-refractivity contribution in [2.75, 3.05) is 0 Å². The maximum atomic E-state index is 6.09. The molecule has 15 heavy (non-hydrogen) atoms. The van der Waals surface area contributed by atoms with Gasteiger partial charge in [-0.3, -0.25) is 4.68 Å². The number of aryl methyl sites for hydroxylation is 2. The van der Waals surface area contributed by atoms with E-state index in [2.05, 4.69) is 21.0 Å². The molecule has 1 heterocycles. The summed E-state index contributed by atoms with van der Waals surface area (Å²) in [5, 5.41) is 4.41. The molecule has 0 aromatic carbocycles. The van der Waals surface area contributed by atoms with E-state index in [-0.39, 0.29) is 0 Å². The molecule has 3 nitrogen and oxygen atoms in total. The van der Waals surface area contributed by atoms with E-state index < -0.39 is 0 Å². The quantitative estimate of drug-likeness (QED) is 0.896. The van der Waals surface area contributed by atoms with Crippen LogP contribution in [0.1, 0.15) is 30.7 Å². The van der Waals surface area contributed by atoms with E-state index in [1.165, 1.54) is 25.0 Å². The first kappa shape index (κ1) is 11.1. The predicted octanol–water partition coefficient (Wildman–Crippen LogP) is 2.16. The maximum absolute atomic E-state index is 6.09. The Balaban J connectivity index is 2.16. The summed E-state index contributed by atoms with van der Waals surface area (Å²) in [7, 11) is 2.01. The molecule has 1 aliphatic carbocycles. The summed E-state index contributed by atoms with van der Waals surface area (Å²) in [6.07, 6.45) is 4.77. The third-order valence-corrected chi connectivity index (χ3v) is 4.47. The molecular weight excluding hydrogens is 254 g/mol. The maximum Gasteiger partial charge on any atom is 0.0738 e. The Kier molecular flexibility index (Phi) is 3.16. The summed E-state index contributed by atoms with van der Waals surface area (Å²) >= 11 is 3.60. The van der Waals surface area contributed by atoms with E-state index in [9.17, 15) is 0 Å². The van der Waals surface area contributed by atoms with E-state index in [1.807, 2.05) is 18.7 Å². The highest BCUT2D eigenvalue weighted by atomic mass is 79.9. The second-order valence-electron chi connectivity index (χ2n) is 4.53. The number of hydrogen-bond donors (Lipinski definition) is 1. The average Bonchev–Trinajstić information content (AvgIpc) is 2.67. The van der Waals surface area contributed by atoms with Crippen LogP contribution >= 0.6 is 15.9 Å². The minimum absolute atomic E-state index is 0.382. The number of nitrogens with zero attached hydrogens (tertiary/aromatic N) is 2. The van der Waals surface area contributed by atoms with Crippen molar-refractivity contribution in [3.63, 3.8) is 0 Å². The van der Waals surface area contributed by atoms with E-state index >= 15 is 0 Å². The minimum Gasteiger partial charge on any atom is -0.327 e. The first-order valence-electron chi connectivity index (χ1n) is 5.53. The van der Waals surface area contributed by atoms with Crippen molar-refractivity contribution in [1.29, 1.82) is 0 Å². The lowest BCUT2D eigenvalue weighted by atomic mass is 9.98. The lowest BCUT2D eigenvalue weighted by Crippen LogP contribution is -2.26. The number of rotatable bonds is 2. The van der Waals surface area contributed by atoms with Gasteiger partial charge < -0.3 is 5.73 Å². The highest BCUT2D eigenvalue weighted by molar-refractivity contribution is 9.10. The molecule has 1 saturated carbocycles. The third kappa shape index (κ3) is 2.11. The molecule has 84 valence electrons. The molecule has 1 fully saturated rings. The van der Waals surface area contributed by atoms with E-state index in [0.29, 0.717) is 12.0 Å². The molecule has 2 unspecified atom stereocenters. The molecule has 2 N–H and O–H groups in total. The highest BCUT2D eigenvalue weighted by Gasteiger charge is 2.26. The van der Waals surface area contributed by atoms with Gasteiger partial charge in [-0.05, 0) is 48.0 Å². The summed E-state index contributed by atoms with van der Waals surface area (Å²) in [5.74, 6) is 0.635. The van der Waals surface area contributed by atoms with Gasteiger partial charge >= 0.3 is 0 Å². The van der Waals surface area contributed by atoms with Crippen molar-refractivity contribution in [2.24, 2.45) is 18.7 Å². The van der Waals surface area contributed by atoms with Crippen LogP contribution in [0.25, 0.3) is 0 Å². The van der Waals surface area contributed by atoms with Gasteiger partial charge in [-0.2, -0.15) is 5.10 Å². The van der Waals surface area contributed by atoms with Gasteiger partial charge in [-0.15, -0.1) is 0 Å². The minimum atomic E-state index is 0.382. The van der Waals surface area contributed by atoms with Crippen molar-refractivity contribution < 1.29 is 0 Å². The molecule has 2 rings (SSSR count). The van der Waals surface area contributed by atoms with Gasteiger partial charge in [0.2, 0.25) is 0 Å². The zero-order valence-corrected chi connectivity index (χ0v) is 10.9. The van der Waals surface area contributed by atoms with Crippen molar-refractivity contribution in [3.05, 3.63) is 15.9 Å². The molecule has 0 radical (unpaired) electrons. The van der Waals surface area contributed by atoms with Gasteiger partial charge in [0.05, 0.1) is 15.9 Å². The van der Waals surface area contributed by atoms with Crippen molar-refractivity contribution in [3.8, 4) is 0 Å². The fraction of sp³-hybridized carbons (Fsp3) is 0.727. The Morgan fingerprint density at radius 3 is 2.73 bits per heavy atom. The summed E-state index contributed by atoms with van der Waals surface area (Å²) in [4.78, 5) is 0. The molecular formula is C11H18BrN3. The zero-order chi connectivity index (χ0) is 11.0. The van der Waals surface area contributed by atoms with Gasteiger partial charge in [0, 0.05) is 13.1 Å². The largest absolute Gasteiger partial charge is 0.327 e. The monoisotopic (exact) mass is 271 g/mol. The first-order valence-corrected chi connectivity index (χ1v) is 6.32. The highest BCUT2D eigenvalue weighted by Crippen LogP contribution is 2.30. The van der Waals surface area contributed by atoms with Crippen LogP contribution in [0.15, 0.2) is 4.47 Å². The van der Waals surface area contributed by atoms with Crippen LogP contribution in [0, 0.1) is 12.8 Å². The van der Waals surface area contributed by atoms with Crippen molar-refractivity contribution in [1.82, 2.24) is 9.78 Å². The Morgan fingerprint density at radius 2 is 2.27 bits per heavy atom. The molecule has 1 aromatic rings. The Labute approximate surface area is 99.2 Å². The summed E-state index contributed by atoms with van der Waals surface area (Å²) in [6.45, 7) is 2.03. The Bertz CT molecular complexity index is 359. The second kappa shape index (κ2) is 4.26. The van der Waals surface area contributed by atoms with Gasteiger partial charge in [-0.25, -0.2) is 0 Å². The topological polar surface area (TPSA) is 43.8 Å². The van der Waals surface area contributed by atoms with Crippen LogP contribution in [0.2, 0.25) is 0 Å². The van der Waals surface area contributed by atoms with Crippen LogP contribution in [0.5, 0.6) is 0 Å². The third-order valence-electron chi connectivity index (χ3n) is 3.44. The molecule has 0 amide bonds. The predicted molar refractivity (Wildman–Crippen MR) is 64.7 cm³/mol. The van der Waals surface area contributed by atoms with Crippen LogP contribution in [-0.2, 0) is 13.5 Å². The Morgan fingerprint density at radius 1 is 1.53 bits per heavy atom. The molecule has 0 spiro atoms.